The highest BCUT2D eigenvalue weighted by atomic mass is 16.7. The number of hydrogen-bond acceptors (Lipinski definition) is 9. The number of ether oxygens (including phenoxy) is 4. The smallest absolute Gasteiger partial charge is 0.410 e. The van der Waals surface area contributed by atoms with E-state index < -0.39 is 31.0 Å². The summed E-state index contributed by atoms with van der Waals surface area (Å²) < 4.78 is 19.3. The monoisotopic (exact) mass is 472 g/mol. The van der Waals surface area contributed by atoms with Gasteiger partial charge in [0.15, 0.2) is 0 Å². The van der Waals surface area contributed by atoms with Crippen molar-refractivity contribution in [3.05, 3.63) is 12.2 Å². The van der Waals surface area contributed by atoms with Crippen molar-refractivity contribution in [2.24, 2.45) is 11.8 Å². The maximum atomic E-state index is 11.8. The van der Waals surface area contributed by atoms with E-state index in [1.807, 2.05) is 0 Å². The Labute approximate surface area is 194 Å². The van der Waals surface area contributed by atoms with Crippen LogP contribution in [0.25, 0.3) is 0 Å². The molecular weight excluding hydrogens is 436 g/mol. The van der Waals surface area contributed by atoms with E-state index in [0.717, 1.165) is 25.7 Å². The molecule has 4 N–H and O–H groups in total. The average Bonchev–Trinajstić information content (AvgIpc) is 2.79. The molecule has 0 heterocycles. The lowest BCUT2D eigenvalue weighted by atomic mass is 9.81. The van der Waals surface area contributed by atoms with Gasteiger partial charge in [-0.25, -0.2) is 19.2 Å². The Kier molecular flexibility index (Phi) is 14.1. The molecule has 0 aromatic heterocycles. The zero-order valence-electron chi connectivity index (χ0n) is 19.4. The molecule has 1 saturated carbocycles. The minimum atomic E-state index is -0.804. The lowest BCUT2D eigenvalue weighted by molar-refractivity contribution is -0.146. The summed E-state index contributed by atoms with van der Waals surface area (Å²) >= 11 is 0. The largest absolute Gasteiger partial charge is 0.448 e. The molecule has 2 unspecified atom stereocenters. The highest BCUT2D eigenvalue weighted by Crippen LogP contribution is 2.28. The molecule has 33 heavy (non-hydrogen) atoms. The first kappa shape index (κ1) is 28.0. The van der Waals surface area contributed by atoms with Gasteiger partial charge in [0.25, 0.3) is 0 Å². The number of carbonyl (C=O) groups is 4. The maximum absolute atomic E-state index is 11.8. The van der Waals surface area contributed by atoms with Crippen LogP contribution in [-0.4, -0.2) is 77.5 Å². The van der Waals surface area contributed by atoms with Crippen LogP contribution in [-0.2, 0) is 23.7 Å². The van der Waals surface area contributed by atoms with Crippen LogP contribution in [0.1, 0.15) is 32.6 Å². The van der Waals surface area contributed by atoms with Crippen LogP contribution in [0.3, 0.4) is 0 Å². The number of esters is 1. The third-order valence-corrected chi connectivity index (χ3v) is 4.88. The molecule has 0 aromatic rings. The van der Waals surface area contributed by atoms with Gasteiger partial charge in [-0.1, -0.05) is 13.0 Å². The molecule has 1 rings (SSSR count). The molecule has 0 aliphatic heterocycles. The van der Waals surface area contributed by atoms with Crippen molar-refractivity contribution in [2.75, 3.05) is 53.2 Å². The first-order valence-corrected chi connectivity index (χ1v) is 11.0. The van der Waals surface area contributed by atoms with E-state index in [2.05, 4.69) is 37.3 Å². The van der Waals surface area contributed by atoms with Crippen molar-refractivity contribution >= 4 is 24.2 Å². The number of nitrogens with one attached hydrogen (secondary N) is 4. The van der Waals surface area contributed by atoms with Crippen LogP contribution in [0.4, 0.5) is 14.4 Å². The van der Waals surface area contributed by atoms with E-state index in [9.17, 15) is 19.2 Å². The molecule has 12 heteroatoms. The van der Waals surface area contributed by atoms with Gasteiger partial charge < -0.3 is 40.2 Å². The van der Waals surface area contributed by atoms with Crippen LogP contribution >= 0.6 is 0 Å². The van der Waals surface area contributed by atoms with Gasteiger partial charge in [-0.05, 0) is 45.1 Å². The van der Waals surface area contributed by atoms with E-state index in [0.29, 0.717) is 38.1 Å². The fraction of sp³-hybridized carbons (Fsp3) is 0.714. The second kappa shape index (κ2) is 16.6. The molecule has 0 spiro atoms. The van der Waals surface area contributed by atoms with E-state index in [1.54, 1.807) is 7.05 Å². The number of carbonyl (C=O) groups excluding carboxylic acids is 4. The number of likely N-dealkylation sites (N-methyl/N-ethyl adjacent to an activating group) is 1. The Hall–Kier alpha value is -3.02. The highest BCUT2D eigenvalue weighted by molar-refractivity contribution is 5.86. The summed E-state index contributed by atoms with van der Waals surface area (Å²) in [5, 5.41) is 10.8. The molecule has 1 aliphatic carbocycles. The molecule has 0 aromatic carbocycles. The summed E-state index contributed by atoms with van der Waals surface area (Å²) in [5.74, 6) is -0.0252. The lowest BCUT2D eigenvalue weighted by Gasteiger charge is -2.29. The third kappa shape index (κ3) is 13.9. The molecule has 3 amide bonds. The molecule has 0 radical (unpaired) electrons. The Balaban J connectivity index is 2.09. The van der Waals surface area contributed by atoms with Gasteiger partial charge >= 0.3 is 24.2 Å². The lowest BCUT2D eigenvalue weighted by Crippen LogP contribution is -2.37. The Morgan fingerprint density at radius 3 is 1.91 bits per heavy atom. The topological polar surface area (TPSA) is 153 Å². The van der Waals surface area contributed by atoms with Gasteiger partial charge in [-0.15, -0.1) is 0 Å². The number of alkyl carbamates (subject to hydrolysis) is 3. The zero-order chi connectivity index (χ0) is 24.5. The average molecular weight is 473 g/mol. The van der Waals surface area contributed by atoms with Crippen LogP contribution in [0.2, 0.25) is 0 Å². The number of rotatable bonds is 13. The van der Waals surface area contributed by atoms with Crippen molar-refractivity contribution in [1.29, 1.82) is 0 Å². The van der Waals surface area contributed by atoms with Gasteiger partial charge in [0.05, 0.1) is 6.54 Å². The molecule has 1 aliphatic rings. The summed E-state index contributed by atoms with van der Waals surface area (Å²) in [6.07, 6.45) is 2.13. The summed E-state index contributed by atoms with van der Waals surface area (Å²) in [4.78, 5) is 46.0. The van der Waals surface area contributed by atoms with Crippen LogP contribution in [0, 0.1) is 11.8 Å². The molecule has 0 bridgehead atoms. The van der Waals surface area contributed by atoms with Gasteiger partial charge in [-0.2, -0.15) is 0 Å². The first-order chi connectivity index (χ1) is 15.8. The summed E-state index contributed by atoms with van der Waals surface area (Å²) in [7, 11) is 1.79. The molecule has 188 valence electrons. The predicted molar refractivity (Wildman–Crippen MR) is 118 cm³/mol. The molecule has 12 nitrogen and oxygen atoms in total. The maximum Gasteiger partial charge on any atom is 0.410 e. The first-order valence-electron chi connectivity index (χ1n) is 11.0. The van der Waals surface area contributed by atoms with E-state index in [4.69, 9.17) is 9.47 Å². The summed E-state index contributed by atoms with van der Waals surface area (Å²) in [5.41, 5.74) is 0.194. The SMILES string of the molecule is C=C(C)C(=O)OCOC(=O)NCCOC(=O)NCC1CCCC(CNC(=O)OCCNC)C1. The second-order valence-corrected chi connectivity index (χ2v) is 7.72. The standard InChI is InChI=1S/C21H36N4O8/c1-15(2)18(26)32-14-33-19(27)23-8-10-31-21(29)25-13-17-6-4-5-16(11-17)12-24-20(28)30-9-7-22-3/h16-17,22H,1,4-14H2,2-3H3,(H,23,27)(H,24,28)(H,25,29). The fourth-order valence-corrected chi connectivity index (χ4v) is 3.18. The van der Waals surface area contributed by atoms with Gasteiger partial charge in [-0.3, -0.25) is 0 Å². The van der Waals surface area contributed by atoms with Crippen LogP contribution < -0.4 is 21.3 Å². The third-order valence-electron chi connectivity index (χ3n) is 4.88. The van der Waals surface area contributed by atoms with Gasteiger partial charge in [0, 0.05) is 25.2 Å². The van der Waals surface area contributed by atoms with E-state index >= 15 is 0 Å². The molecule has 2 atom stereocenters. The van der Waals surface area contributed by atoms with Crippen molar-refractivity contribution in [2.45, 2.75) is 32.6 Å². The normalized spacial score (nSPS) is 17.3. The summed E-state index contributed by atoms with van der Waals surface area (Å²) in [6.45, 7) is 6.29. The van der Waals surface area contributed by atoms with Crippen molar-refractivity contribution in [1.82, 2.24) is 21.3 Å². The fourth-order valence-electron chi connectivity index (χ4n) is 3.18. The molecule has 0 saturated heterocycles. The highest BCUT2D eigenvalue weighted by Gasteiger charge is 2.23. The quantitative estimate of drug-likeness (QED) is 0.102. The summed E-state index contributed by atoms with van der Waals surface area (Å²) in [6, 6.07) is 0. The van der Waals surface area contributed by atoms with Crippen LogP contribution in [0.5, 0.6) is 0 Å². The zero-order valence-corrected chi connectivity index (χ0v) is 19.4. The Bertz CT molecular complexity index is 658. The minimum absolute atomic E-state index is 0.0423. The molecular formula is C21H36N4O8. The van der Waals surface area contributed by atoms with Crippen molar-refractivity contribution in [3.63, 3.8) is 0 Å². The second-order valence-electron chi connectivity index (χ2n) is 7.72. The van der Waals surface area contributed by atoms with E-state index in [1.165, 1.54) is 6.92 Å². The van der Waals surface area contributed by atoms with Crippen molar-refractivity contribution in [3.8, 4) is 0 Å². The predicted octanol–water partition coefficient (Wildman–Crippen LogP) is 1.27. The number of amides is 3. The minimum Gasteiger partial charge on any atom is -0.448 e. The Morgan fingerprint density at radius 2 is 1.36 bits per heavy atom. The van der Waals surface area contributed by atoms with Crippen molar-refractivity contribution < 1.29 is 38.1 Å². The van der Waals surface area contributed by atoms with Gasteiger partial charge in [0.2, 0.25) is 6.79 Å². The number of hydrogen-bond donors (Lipinski definition) is 4. The van der Waals surface area contributed by atoms with E-state index in [-0.39, 0.29) is 18.7 Å². The molecule has 1 fully saturated rings. The van der Waals surface area contributed by atoms with Crippen LogP contribution in [0.15, 0.2) is 12.2 Å². The Morgan fingerprint density at radius 1 is 0.818 bits per heavy atom. The van der Waals surface area contributed by atoms with Gasteiger partial charge in [0.1, 0.15) is 13.2 Å².